The number of nitrogens with two attached hydrogens (primary N) is 1. The summed E-state index contributed by atoms with van der Waals surface area (Å²) in [5, 5.41) is 14.0. The van der Waals surface area contributed by atoms with Crippen molar-refractivity contribution in [1.29, 1.82) is 0 Å². The number of sulfone groups is 1. The van der Waals surface area contributed by atoms with E-state index in [2.05, 4.69) is 15.6 Å². The first-order valence-electron chi connectivity index (χ1n) is 13.8. The first-order valence-corrected chi connectivity index (χ1v) is 15.3. The van der Waals surface area contributed by atoms with E-state index in [4.69, 9.17) is 15.2 Å². The number of nitrogens with one attached hydrogen (secondary N) is 2. The van der Waals surface area contributed by atoms with Gasteiger partial charge in [-0.25, -0.2) is 13.2 Å². The van der Waals surface area contributed by atoms with E-state index in [1.165, 1.54) is 50.9 Å². The third kappa shape index (κ3) is 6.70. The van der Waals surface area contributed by atoms with Gasteiger partial charge in [0, 0.05) is 18.4 Å². The van der Waals surface area contributed by atoms with Crippen molar-refractivity contribution in [2.24, 2.45) is 5.73 Å². The lowest BCUT2D eigenvalue weighted by Gasteiger charge is -2.32. The quantitative estimate of drug-likeness (QED) is 0.242. The predicted octanol–water partition coefficient (Wildman–Crippen LogP) is 3.99. The summed E-state index contributed by atoms with van der Waals surface area (Å²) in [6.45, 7) is 3.43. The molecule has 1 aliphatic rings. The van der Waals surface area contributed by atoms with Gasteiger partial charge in [-0.05, 0) is 74.2 Å². The zero-order chi connectivity index (χ0) is 32.2. The minimum absolute atomic E-state index is 0.0297. The fourth-order valence-electron chi connectivity index (χ4n) is 5.18. The Morgan fingerprint density at radius 1 is 1.02 bits per heavy atom. The van der Waals surface area contributed by atoms with E-state index in [0.29, 0.717) is 47.7 Å². The maximum Gasteiger partial charge on any atom is 0.409 e. The fourth-order valence-corrected chi connectivity index (χ4v) is 6.47. The number of hydrogen-bond acceptors (Lipinski definition) is 9. The van der Waals surface area contributed by atoms with Crippen molar-refractivity contribution in [3.8, 4) is 11.5 Å². The largest absolute Gasteiger partial charge is 0.493 e. The minimum atomic E-state index is -3.80. The summed E-state index contributed by atoms with van der Waals surface area (Å²) in [5.74, 6) is -0.258. The number of anilines is 2. The number of likely N-dealkylation sites (tertiary alicyclic amines) is 1. The molecule has 0 unspecified atom stereocenters. The molecule has 3 amide bonds. The van der Waals surface area contributed by atoms with Crippen molar-refractivity contribution in [3.05, 3.63) is 71.5 Å². The highest BCUT2D eigenvalue weighted by Crippen LogP contribution is 2.40. The van der Waals surface area contributed by atoms with Gasteiger partial charge >= 0.3 is 6.09 Å². The third-order valence-corrected chi connectivity index (χ3v) is 9.63. The number of carboxylic acid groups (broad SMARTS) is 1. The van der Waals surface area contributed by atoms with Gasteiger partial charge < -0.3 is 30.5 Å². The number of carbonyl (C=O) groups is 3. The molecule has 2 atom stereocenters. The lowest BCUT2D eigenvalue weighted by atomic mass is 10.0. The van der Waals surface area contributed by atoms with E-state index in [1.54, 1.807) is 36.9 Å². The van der Waals surface area contributed by atoms with Crippen LogP contribution in [0.2, 0.25) is 0 Å². The van der Waals surface area contributed by atoms with Gasteiger partial charge in [0.25, 0.3) is 0 Å². The number of hydrogen-bond donors (Lipinski definition) is 4. The van der Waals surface area contributed by atoms with Gasteiger partial charge in [0.15, 0.2) is 21.3 Å². The van der Waals surface area contributed by atoms with Crippen LogP contribution in [0.25, 0.3) is 0 Å². The van der Waals surface area contributed by atoms with E-state index >= 15 is 0 Å². The summed E-state index contributed by atoms with van der Waals surface area (Å²) in [7, 11) is -0.841. The Morgan fingerprint density at radius 2 is 1.75 bits per heavy atom. The lowest BCUT2D eigenvalue weighted by Crippen LogP contribution is -2.38. The molecule has 5 N–H and O–H groups in total. The average molecular weight is 626 g/mol. The first kappa shape index (κ1) is 32.1. The molecule has 4 rings (SSSR count). The van der Waals surface area contributed by atoms with Crippen LogP contribution in [-0.2, 0) is 14.6 Å². The normalized spacial score (nSPS) is 15.5. The van der Waals surface area contributed by atoms with E-state index in [0.717, 1.165) is 0 Å². The molecule has 1 fully saturated rings. The van der Waals surface area contributed by atoms with Gasteiger partial charge in [-0.15, -0.1) is 0 Å². The van der Waals surface area contributed by atoms with Crippen LogP contribution in [0.4, 0.5) is 16.2 Å². The highest BCUT2D eigenvalue weighted by Gasteiger charge is 2.38. The van der Waals surface area contributed by atoms with Crippen molar-refractivity contribution in [2.75, 3.05) is 31.4 Å². The molecule has 2 aromatic carbocycles. The molecule has 0 saturated carbocycles. The Bertz CT molecular complexity index is 1680. The van der Waals surface area contributed by atoms with Gasteiger partial charge in [-0.2, -0.15) is 0 Å². The summed E-state index contributed by atoms with van der Waals surface area (Å²) in [4.78, 5) is 43.4. The number of rotatable bonds is 11. The second kappa shape index (κ2) is 13.2. The van der Waals surface area contributed by atoms with Crippen molar-refractivity contribution in [2.45, 2.75) is 48.9 Å². The molecule has 1 aliphatic heterocycles. The molecular weight excluding hydrogens is 590 g/mol. The monoisotopic (exact) mass is 625 g/mol. The van der Waals surface area contributed by atoms with E-state index in [9.17, 15) is 27.9 Å². The molecule has 2 heterocycles. The molecular formula is C30H35N5O8S. The standard InChI is InChI=1S/C30H35N5O8S/c1-17(2)44(40,41)26-10-8-20(34-30(38)39)14-22(26)23-6-5-11-35(23)29(37)27(18-7-9-24(42-3)25(13-18)43-4)33-21-12-19(28(31)36)15-32-16-21/h7-10,12-17,23,27,33-34H,5-6,11H2,1-4H3,(H2,31,36)(H,38,39)/t23-,27-/m1/s1. The SMILES string of the molecule is COc1ccc([C@@H](Nc2cncc(C(N)=O)c2)C(=O)N2CCC[C@@H]2c2cc(NC(=O)O)ccc2S(=O)(=O)C(C)C)cc1OC. The molecule has 234 valence electrons. The van der Waals surface area contributed by atoms with Crippen molar-refractivity contribution >= 4 is 39.1 Å². The summed E-state index contributed by atoms with van der Waals surface area (Å²) >= 11 is 0. The lowest BCUT2D eigenvalue weighted by molar-refractivity contribution is -0.133. The summed E-state index contributed by atoms with van der Waals surface area (Å²) in [5.41, 5.74) is 6.93. The van der Waals surface area contributed by atoms with Gasteiger partial charge in [0.1, 0.15) is 6.04 Å². The van der Waals surface area contributed by atoms with Gasteiger partial charge in [0.2, 0.25) is 11.8 Å². The Morgan fingerprint density at radius 3 is 2.39 bits per heavy atom. The Balaban J connectivity index is 1.83. The van der Waals surface area contributed by atoms with E-state index < -0.39 is 45.1 Å². The third-order valence-electron chi connectivity index (χ3n) is 7.40. The van der Waals surface area contributed by atoms with Crippen LogP contribution >= 0.6 is 0 Å². The Labute approximate surface area is 255 Å². The van der Waals surface area contributed by atoms with Crippen molar-refractivity contribution < 1.29 is 37.4 Å². The summed E-state index contributed by atoms with van der Waals surface area (Å²) < 4.78 is 37.7. The van der Waals surface area contributed by atoms with Crippen LogP contribution in [0.1, 0.15) is 60.3 Å². The van der Waals surface area contributed by atoms with Crippen LogP contribution in [0, 0.1) is 0 Å². The van der Waals surface area contributed by atoms with Gasteiger partial charge in [-0.3, -0.25) is 19.9 Å². The van der Waals surface area contributed by atoms with Crippen LogP contribution in [-0.4, -0.2) is 67.3 Å². The Hall–Kier alpha value is -4.85. The zero-order valence-electron chi connectivity index (χ0n) is 24.7. The Kier molecular flexibility index (Phi) is 9.62. The number of nitrogens with zero attached hydrogens (tertiary/aromatic N) is 2. The number of benzene rings is 2. The molecule has 0 bridgehead atoms. The predicted molar refractivity (Wildman–Crippen MR) is 163 cm³/mol. The number of carbonyl (C=O) groups excluding carboxylic acids is 2. The number of primary amides is 1. The minimum Gasteiger partial charge on any atom is -0.493 e. The second-order valence-electron chi connectivity index (χ2n) is 10.5. The maximum atomic E-state index is 14.5. The molecule has 44 heavy (non-hydrogen) atoms. The topological polar surface area (TPSA) is 190 Å². The molecule has 3 aromatic rings. The number of pyridine rings is 1. The van der Waals surface area contributed by atoms with Crippen molar-refractivity contribution in [1.82, 2.24) is 9.88 Å². The highest BCUT2D eigenvalue weighted by atomic mass is 32.2. The van der Waals surface area contributed by atoms with Crippen LogP contribution < -0.4 is 25.8 Å². The zero-order valence-corrected chi connectivity index (χ0v) is 25.6. The summed E-state index contributed by atoms with van der Waals surface area (Å²) in [6.07, 6.45) is 2.47. The molecule has 13 nitrogen and oxygen atoms in total. The van der Waals surface area contributed by atoms with Crippen LogP contribution in [0.5, 0.6) is 11.5 Å². The molecule has 1 saturated heterocycles. The van der Waals surface area contributed by atoms with Crippen molar-refractivity contribution in [3.63, 3.8) is 0 Å². The number of ether oxygens (including phenoxy) is 2. The number of aromatic nitrogens is 1. The second-order valence-corrected chi connectivity index (χ2v) is 13.0. The first-order chi connectivity index (χ1) is 20.9. The van der Waals surface area contributed by atoms with Gasteiger partial charge in [0.05, 0.1) is 47.9 Å². The summed E-state index contributed by atoms with van der Waals surface area (Å²) in [6, 6.07) is 9.00. The smallest absolute Gasteiger partial charge is 0.409 e. The number of methoxy groups -OCH3 is 2. The maximum absolute atomic E-state index is 14.5. The molecule has 0 spiro atoms. The van der Waals surface area contributed by atoms with E-state index in [-0.39, 0.29) is 16.1 Å². The fraction of sp³-hybridized carbons (Fsp3) is 0.333. The number of amides is 3. The molecule has 0 radical (unpaired) electrons. The molecule has 14 heteroatoms. The molecule has 0 aliphatic carbocycles. The highest BCUT2D eigenvalue weighted by molar-refractivity contribution is 7.92. The molecule has 1 aromatic heterocycles. The van der Waals surface area contributed by atoms with Gasteiger partial charge in [-0.1, -0.05) is 6.07 Å². The van der Waals surface area contributed by atoms with E-state index in [1.807, 2.05) is 0 Å². The average Bonchev–Trinajstić information content (AvgIpc) is 3.49. The van der Waals surface area contributed by atoms with Crippen LogP contribution in [0.3, 0.4) is 0 Å². The van der Waals surface area contributed by atoms with Crippen LogP contribution in [0.15, 0.2) is 59.8 Å².